The summed E-state index contributed by atoms with van der Waals surface area (Å²) in [5.41, 5.74) is 3.94. The number of benzene rings is 3. The molecule has 1 aromatic heterocycles. The number of fused-ring (bicyclic) bond motifs is 1. The fraction of sp³-hybridized carbons (Fsp3) is 0.242. The molecule has 0 aliphatic carbocycles. The summed E-state index contributed by atoms with van der Waals surface area (Å²) in [5.74, 6) is 0.511. The van der Waals surface area contributed by atoms with Crippen LogP contribution in [0, 0.1) is 0 Å². The summed E-state index contributed by atoms with van der Waals surface area (Å²) in [4.78, 5) is 34.4. The van der Waals surface area contributed by atoms with E-state index in [0.717, 1.165) is 22.4 Å². The molecule has 1 aliphatic rings. The summed E-state index contributed by atoms with van der Waals surface area (Å²) < 4.78 is 19.8. The van der Waals surface area contributed by atoms with Crippen molar-refractivity contribution in [1.29, 1.82) is 0 Å². The zero-order chi connectivity index (χ0) is 31.5. The minimum Gasteiger partial charge on any atom is -0.493 e. The van der Waals surface area contributed by atoms with Crippen LogP contribution in [0.3, 0.4) is 0 Å². The Morgan fingerprint density at radius 3 is 2.55 bits per heavy atom. The molecule has 0 unspecified atom stereocenters. The lowest BCUT2D eigenvalue weighted by atomic mass is 9.95. The molecule has 1 aliphatic heterocycles. The number of hydrogen-bond donors (Lipinski definition) is 0. The normalized spacial score (nSPS) is 14.6. The highest BCUT2D eigenvalue weighted by Crippen LogP contribution is 2.38. The van der Waals surface area contributed by atoms with Gasteiger partial charge in [-0.25, -0.2) is 9.79 Å². The predicted molar refractivity (Wildman–Crippen MR) is 178 cm³/mol. The van der Waals surface area contributed by atoms with E-state index in [0.29, 0.717) is 41.6 Å². The van der Waals surface area contributed by atoms with Gasteiger partial charge in [0, 0.05) is 30.4 Å². The summed E-state index contributed by atoms with van der Waals surface area (Å²) >= 11 is 11.2. The molecule has 4 aromatic rings. The molecular weight excluding hydrogens is 666 g/mol. The third kappa shape index (κ3) is 6.33. The van der Waals surface area contributed by atoms with E-state index < -0.39 is 12.0 Å². The van der Waals surface area contributed by atoms with Gasteiger partial charge in [-0.05, 0) is 77.3 Å². The first-order valence-electron chi connectivity index (χ1n) is 13.8. The van der Waals surface area contributed by atoms with Gasteiger partial charge in [-0.3, -0.25) is 9.36 Å². The maximum absolute atomic E-state index is 14.0. The molecule has 0 fully saturated rings. The fourth-order valence-corrected chi connectivity index (χ4v) is 6.75. The highest BCUT2D eigenvalue weighted by Gasteiger charge is 2.33. The summed E-state index contributed by atoms with van der Waals surface area (Å²) in [7, 11) is 5.47. The van der Waals surface area contributed by atoms with Gasteiger partial charge in [-0.1, -0.05) is 53.3 Å². The third-order valence-corrected chi connectivity index (χ3v) is 9.06. The second kappa shape index (κ2) is 13.4. The number of ether oxygens (including phenoxy) is 3. The number of carbonyl (C=O) groups is 1. The Morgan fingerprint density at radius 1 is 1.16 bits per heavy atom. The first kappa shape index (κ1) is 31.6. The van der Waals surface area contributed by atoms with Gasteiger partial charge in [0.05, 0.1) is 40.0 Å². The van der Waals surface area contributed by atoms with Gasteiger partial charge in [0.2, 0.25) is 0 Å². The van der Waals surface area contributed by atoms with Crippen LogP contribution in [-0.2, 0) is 16.1 Å². The van der Waals surface area contributed by atoms with E-state index in [1.807, 2.05) is 73.6 Å². The molecule has 1 atom stereocenters. The molecule has 8 nitrogen and oxygen atoms in total. The van der Waals surface area contributed by atoms with E-state index in [9.17, 15) is 9.59 Å². The molecule has 3 aromatic carbocycles. The number of rotatable bonds is 9. The number of nitrogens with zero attached hydrogens (tertiary/aromatic N) is 3. The first-order valence-corrected chi connectivity index (χ1v) is 15.8. The number of carbonyl (C=O) groups excluding carboxylic acids is 1. The van der Waals surface area contributed by atoms with Crippen molar-refractivity contribution in [1.82, 2.24) is 4.57 Å². The van der Waals surface area contributed by atoms with Gasteiger partial charge in [-0.15, -0.1) is 0 Å². The number of allylic oxidation sites excluding steroid dienone is 1. The van der Waals surface area contributed by atoms with Gasteiger partial charge in [0.15, 0.2) is 16.3 Å². The molecule has 0 N–H and O–H groups in total. The van der Waals surface area contributed by atoms with Crippen LogP contribution in [0.1, 0.15) is 36.6 Å². The lowest BCUT2D eigenvalue weighted by Gasteiger charge is -2.25. The predicted octanol–water partition coefficient (Wildman–Crippen LogP) is 5.87. The zero-order valence-corrected chi connectivity index (χ0v) is 28.0. The van der Waals surface area contributed by atoms with Gasteiger partial charge in [0.1, 0.15) is 6.61 Å². The molecular formula is C33H31BrClN3O5S. The number of thiazole rings is 1. The van der Waals surface area contributed by atoms with Gasteiger partial charge < -0.3 is 19.1 Å². The molecule has 44 heavy (non-hydrogen) atoms. The van der Waals surface area contributed by atoms with Crippen LogP contribution in [0.2, 0.25) is 5.02 Å². The van der Waals surface area contributed by atoms with E-state index in [-0.39, 0.29) is 18.8 Å². The van der Waals surface area contributed by atoms with Crippen LogP contribution in [0.5, 0.6) is 11.5 Å². The molecule has 0 bridgehead atoms. The molecule has 2 heterocycles. The number of anilines is 1. The lowest BCUT2D eigenvalue weighted by Crippen LogP contribution is -2.39. The highest BCUT2D eigenvalue weighted by atomic mass is 79.9. The maximum atomic E-state index is 14.0. The van der Waals surface area contributed by atoms with Crippen molar-refractivity contribution in [2.24, 2.45) is 4.99 Å². The minimum atomic E-state index is -0.689. The van der Waals surface area contributed by atoms with Gasteiger partial charge in [-0.2, -0.15) is 0 Å². The van der Waals surface area contributed by atoms with E-state index in [1.54, 1.807) is 37.7 Å². The SMILES string of the molecule is CCOC(=O)C1=C(C)N=c2s/c(=C\c3cc(Br)c(OCc4ccccc4Cl)c(OC)c3)c(=O)n2[C@@H]1c1ccc(N(C)C)cc1. The third-order valence-electron chi connectivity index (χ3n) is 7.12. The minimum absolute atomic E-state index is 0.209. The number of aromatic nitrogens is 1. The van der Waals surface area contributed by atoms with Crippen molar-refractivity contribution < 1.29 is 19.0 Å². The summed E-state index contributed by atoms with van der Waals surface area (Å²) in [6.07, 6.45) is 1.78. The molecule has 228 valence electrons. The van der Waals surface area contributed by atoms with E-state index >= 15 is 0 Å². The zero-order valence-electron chi connectivity index (χ0n) is 24.9. The second-order valence-electron chi connectivity index (χ2n) is 10.2. The van der Waals surface area contributed by atoms with E-state index in [4.69, 9.17) is 25.8 Å². The summed E-state index contributed by atoms with van der Waals surface area (Å²) in [6.45, 7) is 3.99. The van der Waals surface area contributed by atoms with Crippen LogP contribution >= 0.6 is 38.9 Å². The Labute approximate surface area is 272 Å². The van der Waals surface area contributed by atoms with Crippen molar-refractivity contribution in [3.8, 4) is 11.5 Å². The van der Waals surface area contributed by atoms with Crippen LogP contribution in [0.4, 0.5) is 5.69 Å². The van der Waals surface area contributed by atoms with E-state index in [2.05, 4.69) is 20.9 Å². The molecule has 0 saturated heterocycles. The molecule has 0 radical (unpaired) electrons. The topological polar surface area (TPSA) is 82.4 Å². The number of hydrogen-bond acceptors (Lipinski definition) is 8. The highest BCUT2D eigenvalue weighted by molar-refractivity contribution is 9.10. The number of halogens is 2. The monoisotopic (exact) mass is 695 g/mol. The molecule has 0 amide bonds. The Morgan fingerprint density at radius 2 is 1.89 bits per heavy atom. The van der Waals surface area contributed by atoms with Crippen LogP contribution in [-0.4, -0.2) is 38.3 Å². The van der Waals surface area contributed by atoms with Crippen LogP contribution in [0.15, 0.2) is 86.2 Å². The van der Waals surface area contributed by atoms with Crippen molar-refractivity contribution in [2.75, 3.05) is 32.7 Å². The van der Waals surface area contributed by atoms with Gasteiger partial charge >= 0.3 is 5.97 Å². The Bertz CT molecular complexity index is 1930. The number of methoxy groups -OCH3 is 1. The van der Waals surface area contributed by atoms with Crippen molar-refractivity contribution in [2.45, 2.75) is 26.5 Å². The van der Waals surface area contributed by atoms with Crippen molar-refractivity contribution >= 4 is 56.6 Å². The van der Waals surface area contributed by atoms with E-state index in [1.165, 1.54) is 11.3 Å². The molecule has 0 saturated carbocycles. The smallest absolute Gasteiger partial charge is 0.338 e. The fourth-order valence-electron chi connectivity index (χ4n) is 4.94. The maximum Gasteiger partial charge on any atom is 0.338 e. The lowest BCUT2D eigenvalue weighted by molar-refractivity contribution is -0.139. The molecule has 0 spiro atoms. The Hall–Kier alpha value is -3.86. The van der Waals surface area contributed by atoms with Crippen molar-refractivity contribution in [3.05, 3.63) is 118 Å². The van der Waals surface area contributed by atoms with Gasteiger partial charge in [0.25, 0.3) is 5.56 Å². The van der Waals surface area contributed by atoms with Crippen molar-refractivity contribution in [3.63, 3.8) is 0 Å². The molecule has 11 heteroatoms. The largest absolute Gasteiger partial charge is 0.493 e. The number of esters is 1. The Kier molecular flexibility index (Phi) is 9.62. The Balaban J connectivity index is 1.58. The summed E-state index contributed by atoms with van der Waals surface area (Å²) in [6, 6.07) is 18.2. The average Bonchev–Trinajstić information content (AvgIpc) is 3.30. The first-order chi connectivity index (χ1) is 21.1. The average molecular weight is 697 g/mol. The second-order valence-corrected chi connectivity index (χ2v) is 12.5. The van der Waals surface area contributed by atoms with Crippen LogP contribution < -0.4 is 29.3 Å². The standard InChI is InChI=1S/C33H31BrClN3O5S/c1-6-42-32(40)28-19(2)36-33-38(29(28)21-11-13-23(14-12-21)37(3)4)31(39)27(44-33)17-20-15-24(34)30(26(16-20)41-5)43-18-22-9-7-8-10-25(22)35/h7-17,29H,6,18H2,1-5H3/b27-17-/t29-/m1/s1. The molecule has 5 rings (SSSR count). The summed E-state index contributed by atoms with van der Waals surface area (Å²) in [5, 5.41) is 0.614. The van der Waals surface area contributed by atoms with Crippen LogP contribution in [0.25, 0.3) is 6.08 Å². The quantitative estimate of drug-likeness (QED) is 0.204.